The third-order valence-electron chi connectivity index (χ3n) is 5.41. The van der Waals surface area contributed by atoms with E-state index in [-0.39, 0.29) is 22.5 Å². The first-order chi connectivity index (χ1) is 14.3. The topological polar surface area (TPSA) is 67.6 Å². The molecule has 0 aliphatic carbocycles. The summed E-state index contributed by atoms with van der Waals surface area (Å²) in [5, 5.41) is 8.72. The molecule has 0 N–H and O–H groups in total. The van der Waals surface area contributed by atoms with Gasteiger partial charge in [-0.1, -0.05) is 57.2 Å². The lowest BCUT2D eigenvalue weighted by Crippen LogP contribution is -2.41. The fourth-order valence-corrected chi connectivity index (χ4v) is 4.74. The summed E-state index contributed by atoms with van der Waals surface area (Å²) in [7, 11) is 0. The van der Waals surface area contributed by atoms with Crippen LogP contribution in [-0.4, -0.2) is 43.1 Å². The Labute approximate surface area is 180 Å². The molecule has 1 atom stereocenters. The molecule has 1 saturated heterocycles. The van der Waals surface area contributed by atoms with Crippen LogP contribution in [0.25, 0.3) is 5.65 Å². The van der Waals surface area contributed by atoms with Crippen molar-refractivity contribution in [2.75, 3.05) is 6.54 Å². The molecule has 1 fully saturated rings. The van der Waals surface area contributed by atoms with E-state index < -0.39 is 0 Å². The van der Waals surface area contributed by atoms with Crippen molar-refractivity contribution in [1.82, 2.24) is 19.5 Å². The van der Waals surface area contributed by atoms with Gasteiger partial charge in [-0.3, -0.25) is 18.9 Å². The largest absolute Gasteiger partial charge is 0.278 e. The quantitative estimate of drug-likeness (QED) is 0.588. The van der Waals surface area contributed by atoms with Crippen molar-refractivity contribution in [2.45, 2.75) is 55.9 Å². The highest BCUT2D eigenvalue weighted by Gasteiger charge is 2.33. The Morgan fingerprint density at radius 3 is 2.57 bits per heavy atom. The van der Waals surface area contributed by atoms with Gasteiger partial charge in [-0.05, 0) is 48.1 Å². The third kappa shape index (κ3) is 4.12. The van der Waals surface area contributed by atoms with Crippen LogP contribution in [0.2, 0.25) is 0 Å². The first kappa shape index (κ1) is 20.6. The maximum atomic E-state index is 13.3. The van der Waals surface area contributed by atoms with Gasteiger partial charge in [0.15, 0.2) is 10.8 Å². The van der Waals surface area contributed by atoms with Gasteiger partial charge in [-0.2, -0.15) is 0 Å². The predicted octanol–water partition coefficient (Wildman–Crippen LogP) is 4.34. The molecule has 0 unspecified atom stereocenters. The van der Waals surface area contributed by atoms with Crippen molar-refractivity contribution in [2.24, 2.45) is 0 Å². The van der Waals surface area contributed by atoms with Crippen LogP contribution in [-0.2, 0) is 10.2 Å². The zero-order chi connectivity index (χ0) is 21.3. The molecule has 30 heavy (non-hydrogen) atoms. The predicted molar refractivity (Wildman–Crippen MR) is 118 cm³/mol. The van der Waals surface area contributed by atoms with Gasteiger partial charge < -0.3 is 0 Å². The molecule has 4 rings (SSSR count). The molecule has 0 bridgehead atoms. The number of benzene rings is 1. The van der Waals surface area contributed by atoms with E-state index in [0.29, 0.717) is 17.3 Å². The van der Waals surface area contributed by atoms with Gasteiger partial charge in [-0.15, -0.1) is 10.2 Å². The monoisotopic (exact) mass is 422 g/mol. The van der Waals surface area contributed by atoms with E-state index in [2.05, 4.69) is 31.0 Å². The molecule has 7 heteroatoms. The molecule has 0 saturated carbocycles. The van der Waals surface area contributed by atoms with Gasteiger partial charge in [-0.25, -0.2) is 0 Å². The number of carbonyl (C=O) groups excluding carboxylic acids is 2. The fourth-order valence-electron chi connectivity index (χ4n) is 3.61. The molecule has 3 aromatic rings. The number of amides is 2. The highest BCUT2D eigenvalue weighted by Crippen LogP contribution is 2.30. The number of fused-ring (bicyclic) bond motifs is 1. The summed E-state index contributed by atoms with van der Waals surface area (Å²) >= 11 is 1.39. The molecule has 2 amide bonds. The number of rotatable bonds is 3. The van der Waals surface area contributed by atoms with Crippen LogP contribution in [0, 0.1) is 0 Å². The van der Waals surface area contributed by atoms with Crippen LogP contribution in [0.1, 0.15) is 56.0 Å². The van der Waals surface area contributed by atoms with Gasteiger partial charge >= 0.3 is 0 Å². The summed E-state index contributed by atoms with van der Waals surface area (Å²) in [6.45, 7) is 6.87. The number of likely N-dealkylation sites (tertiary alicyclic amines) is 1. The van der Waals surface area contributed by atoms with Crippen molar-refractivity contribution in [3.05, 3.63) is 59.8 Å². The normalized spacial score (nSPS) is 17.9. The van der Waals surface area contributed by atoms with E-state index in [1.807, 2.05) is 53.1 Å². The summed E-state index contributed by atoms with van der Waals surface area (Å²) in [6.07, 6.45) is 4.32. The first-order valence-electron chi connectivity index (χ1n) is 10.3. The summed E-state index contributed by atoms with van der Waals surface area (Å²) in [4.78, 5) is 27.8. The molecule has 1 aliphatic heterocycles. The molecule has 0 radical (unpaired) electrons. The molecule has 6 nitrogen and oxygen atoms in total. The second kappa shape index (κ2) is 8.22. The SMILES string of the molecule is CC(C)(C)c1ccc(C(=O)N2CCCC[C@@H](Sc3nnc4ccccn34)C2=O)cc1. The van der Waals surface area contributed by atoms with Gasteiger partial charge in [0.2, 0.25) is 5.91 Å². The average molecular weight is 423 g/mol. The minimum Gasteiger partial charge on any atom is -0.278 e. The number of imide groups is 1. The molecule has 0 spiro atoms. The molecular weight excluding hydrogens is 396 g/mol. The lowest BCUT2D eigenvalue weighted by atomic mass is 9.86. The van der Waals surface area contributed by atoms with Gasteiger partial charge in [0, 0.05) is 18.3 Å². The van der Waals surface area contributed by atoms with Crippen LogP contribution >= 0.6 is 11.8 Å². The van der Waals surface area contributed by atoms with Crippen molar-refractivity contribution in [3.63, 3.8) is 0 Å². The number of aromatic nitrogens is 3. The van der Waals surface area contributed by atoms with Gasteiger partial charge in [0.05, 0.1) is 5.25 Å². The fraction of sp³-hybridized carbons (Fsp3) is 0.391. The Morgan fingerprint density at radius 2 is 1.83 bits per heavy atom. The van der Waals surface area contributed by atoms with Crippen molar-refractivity contribution in [3.8, 4) is 0 Å². The molecule has 2 aromatic heterocycles. The summed E-state index contributed by atoms with van der Waals surface area (Å²) in [5.74, 6) is -0.367. The van der Waals surface area contributed by atoms with Gasteiger partial charge in [0.1, 0.15) is 0 Å². The Kier molecular flexibility index (Phi) is 5.64. The van der Waals surface area contributed by atoms with E-state index in [9.17, 15) is 9.59 Å². The number of pyridine rings is 1. The smallest absolute Gasteiger partial charge is 0.260 e. The van der Waals surface area contributed by atoms with Crippen LogP contribution < -0.4 is 0 Å². The summed E-state index contributed by atoms with van der Waals surface area (Å²) in [5.41, 5.74) is 2.47. The van der Waals surface area contributed by atoms with E-state index in [0.717, 1.165) is 30.5 Å². The minimum absolute atomic E-state index is 0.0166. The average Bonchev–Trinajstić information content (AvgIpc) is 3.05. The molecular formula is C23H26N4O2S. The highest BCUT2D eigenvalue weighted by atomic mass is 32.2. The number of nitrogens with zero attached hydrogens (tertiary/aromatic N) is 4. The second-order valence-corrected chi connectivity index (χ2v) is 9.81. The minimum atomic E-state index is -0.349. The van der Waals surface area contributed by atoms with Crippen molar-refractivity contribution < 1.29 is 9.59 Å². The summed E-state index contributed by atoms with van der Waals surface area (Å²) < 4.78 is 1.88. The molecule has 156 valence electrons. The second-order valence-electron chi connectivity index (χ2n) is 8.64. The Hall–Kier alpha value is -2.67. The van der Waals surface area contributed by atoms with Gasteiger partial charge in [0.25, 0.3) is 5.91 Å². The van der Waals surface area contributed by atoms with E-state index in [4.69, 9.17) is 0 Å². The number of carbonyl (C=O) groups is 2. The molecule has 1 aliphatic rings. The summed E-state index contributed by atoms with van der Waals surface area (Å²) in [6, 6.07) is 13.3. The number of thioether (sulfide) groups is 1. The Morgan fingerprint density at radius 1 is 1.07 bits per heavy atom. The maximum Gasteiger partial charge on any atom is 0.260 e. The van der Waals surface area contributed by atoms with Crippen molar-refractivity contribution >= 4 is 29.2 Å². The zero-order valence-electron chi connectivity index (χ0n) is 17.5. The lowest BCUT2D eigenvalue weighted by Gasteiger charge is -2.23. The molecule has 3 heterocycles. The van der Waals surface area contributed by atoms with E-state index in [1.54, 1.807) is 0 Å². The Balaban J connectivity index is 1.55. The third-order valence-corrected chi connectivity index (χ3v) is 6.62. The maximum absolute atomic E-state index is 13.3. The van der Waals surface area contributed by atoms with Crippen molar-refractivity contribution in [1.29, 1.82) is 0 Å². The van der Waals surface area contributed by atoms with E-state index >= 15 is 0 Å². The van der Waals surface area contributed by atoms with E-state index in [1.165, 1.54) is 16.7 Å². The number of hydrogen-bond acceptors (Lipinski definition) is 5. The van der Waals surface area contributed by atoms with Crippen LogP contribution in [0.15, 0.2) is 53.8 Å². The number of hydrogen-bond donors (Lipinski definition) is 0. The lowest BCUT2D eigenvalue weighted by molar-refractivity contribution is -0.127. The first-order valence-corrected chi connectivity index (χ1v) is 11.2. The van der Waals surface area contributed by atoms with Crippen LogP contribution in [0.4, 0.5) is 0 Å². The molecule has 1 aromatic carbocycles. The highest BCUT2D eigenvalue weighted by molar-refractivity contribution is 8.00. The van der Waals surface area contributed by atoms with Crippen LogP contribution in [0.3, 0.4) is 0 Å². The van der Waals surface area contributed by atoms with Crippen LogP contribution in [0.5, 0.6) is 0 Å². The zero-order valence-corrected chi connectivity index (χ0v) is 18.4. The standard InChI is InChI=1S/C23H26N4O2S/c1-23(2,3)17-12-10-16(11-13-17)20(28)27-15-6-4-8-18(21(27)29)30-22-25-24-19-9-5-7-14-26(19)22/h5,7,9-14,18H,4,6,8,15H2,1-3H3/t18-/m1/s1. The Bertz CT molecular complexity index is 1070.